The Labute approximate surface area is 195 Å². The monoisotopic (exact) mass is 455 g/mol. The van der Waals surface area contributed by atoms with Crippen molar-refractivity contribution in [2.24, 2.45) is 5.92 Å². The van der Waals surface area contributed by atoms with Crippen molar-refractivity contribution in [3.05, 3.63) is 53.6 Å². The quantitative estimate of drug-likeness (QED) is 0.737. The van der Waals surface area contributed by atoms with Crippen molar-refractivity contribution >= 4 is 17.5 Å². The molecule has 2 amide bonds. The number of fused-ring (bicyclic) bond motifs is 1. The van der Waals surface area contributed by atoms with Gasteiger partial charge in [-0.3, -0.25) is 9.59 Å². The van der Waals surface area contributed by atoms with Gasteiger partial charge in [-0.25, -0.2) is 0 Å². The molecule has 3 atom stereocenters. The Morgan fingerprint density at radius 1 is 1.18 bits per heavy atom. The summed E-state index contributed by atoms with van der Waals surface area (Å²) < 4.78 is 16.8. The van der Waals surface area contributed by atoms with Crippen LogP contribution in [0.1, 0.15) is 34.6 Å². The number of ether oxygens (including phenoxy) is 3. The Hall–Kier alpha value is -3.10. The molecule has 8 nitrogen and oxygen atoms in total. The van der Waals surface area contributed by atoms with Crippen LogP contribution in [0.4, 0.5) is 5.69 Å². The van der Waals surface area contributed by atoms with Gasteiger partial charge in [0.25, 0.3) is 11.8 Å². The van der Waals surface area contributed by atoms with Crippen LogP contribution in [-0.4, -0.2) is 69.8 Å². The first-order valence-electron chi connectivity index (χ1n) is 11.1. The van der Waals surface area contributed by atoms with Gasteiger partial charge in [0.1, 0.15) is 18.1 Å². The molecule has 0 saturated carbocycles. The van der Waals surface area contributed by atoms with Crippen molar-refractivity contribution in [1.29, 1.82) is 0 Å². The van der Waals surface area contributed by atoms with Crippen molar-refractivity contribution < 1.29 is 23.8 Å². The third-order valence-electron chi connectivity index (χ3n) is 5.81. The average Bonchev–Trinajstić information content (AvgIpc) is 2.83. The first kappa shape index (κ1) is 24.5. The van der Waals surface area contributed by atoms with Gasteiger partial charge in [0.2, 0.25) is 0 Å². The molecule has 33 heavy (non-hydrogen) atoms. The Morgan fingerprint density at radius 2 is 1.97 bits per heavy atom. The van der Waals surface area contributed by atoms with Crippen LogP contribution < -0.4 is 20.1 Å². The van der Waals surface area contributed by atoms with Crippen LogP contribution in [0, 0.1) is 5.92 Å². The summed E-state index contributed by atoms with van der Waals surface area (Å²) in [5.74, 6) is 0.783. The summed E-state index contributed by atoms with van der Waals surface area (Å²) in [5.41, 5.74) is 1.34. The molecule has 0 aliphatic carbocycles. The number of carbonyl (C=O) groups is 2. The number of nitrogens with zero attached hydrogens (tertiary/aromatic N) is 1. The maximum atomic E-state index is 13.3. The molecule has 1 aliphatic heterocycles. The summed E-state index contributed by atoms with van der Waals surface area (Å²) in [6, 6.07) is 12.1. The van der Waals surface area contributed by atoms with Gasteiger partial charge in [-0.1, -0.05) is 13.0 Å². The van der Waals surface area contributed by atoms with Gasteiger partial charge in [0.15, 0.2) is 0 Å². The predicted octanol–water partition coefficient (Wildman–Crippen LogP) is 3.04. The highest BCUT2D eigenvalue weighted by molar-refractivity contribution is 6.05. The molecule has 0 radical (unpaired) electrons. The van der Waals surface area contributed by atoms with E-state index in [9.17, 15) is 9.59 Å². The molecule has 1 aliphatic rings. The SMILES string of the molecule is COc1cccc(C(=O)Nc2ccc3c(c2)C(=O)N(C)C[C@@H](OC)[C@H](C)CN[C@H](C)CO3)c1. The standard InChI is InChI=1S/C25H33N3O5/c1-16-13-26-17(2)15-33-22-10-9-19(12-21(22)25(30)28(3)14-23(16)32-5)27-24(29)18-7-6-8-20(11-18)31-4/h6-12,16-17,23,26H,13-15H2,1-5H3,(H,27,29)/t16-,17-,23-/m1/s1. The zero-order valence-electron chi connectivity index (χ0n) is 19.9. The number of nitrogens with one attached hydrogen (secondary N) is 2. The zero-order valence-corrected chi connectivity index (χ0v) is 19.9. The molecular formula is C25H33N3O5. The third kappa shape index (κ3) is 6.24. The number of anilines is 1. The lowest BCUT2D eigenvalue weighted by Crippen LogP contribution is -2.44. The maximum absolute atomic E-state index is 13.3. The van der Waals surface area contributed by atoms with E-state index in [4.69, 9.17) is 14.2 Å². The molecule has 0 bridgehead atoms. The Morgan fingerprint density at radius 3 is 2.70 bits per heavy atom. The molecule has 0 aromatic heterocycles. The van der Waals surface area contributed by atoms with E-state index >= 15 is 0 Å². The van der Waals surface area contributed by atoms with Crippen LogP contribution in [-0.2, 0) is 4.74 Å². The van der Waals surface area contributed by atoms with E-state index in [1.54, 1.807) is 68.6 Å². The highest BCUT2D eigenvalue weighted by atomic mass is 16.5. The number of hydrogen-bond donors (Lipinski definition) is 2. The summed E-state index contributed by atoms with van der Waals surface area (Å²) in [6.07, 6.45) is -0.113. The number of amides is 2. The van der Waals surface area contributed by atoms with E-state index in [0.29, 0.717) is 41.5 Å². The van der Waals surface area contributed by atoms with E-state index < -0.39 is 0 Å². The first-order valence-corrected chi connectivity index (χ1v) is 11.1. The molecule has 0 spiro atoms. The summed E-state index contributed by atoms with van der Waals surface area (Å²) >= 11 is 0. The van der Waals surface area contributed by atoms with E-state index in [1.165, 1.54) is 0 Å². The minimum Gasteiger partial charge on any atom is -0.497 e. The second kappa shape index (κ2) is 11.2. The lowest BCUT2D eigenvalue weighted by atomic mass is 10.0. The Kier molecular flexibility index (Phi) is 8.30. The highest BCUT2D eigenvalue weighted by Crippen LogP contribution is 2.26. The first-order chi connectivity index (χ1) is 15.8. The predicted molar refractivity (Wildman–Crippen MR) is 127 cm³/mol. The maximum Gasteiger partial charge on any atom is 0.257 e. The normalized spacial score (nSPS) is 21.8. The van der Waals surface area contributed by atoms with Crippen molar-refractivity contribution in [1.82, 2.24) is 10.2 Å². The number of likely N-dealkylation sites (N-methyl/N-ethyl adjacent to an activating group) is 1. The molecule has 8 heteroatoms. The van der Waals surface area contributed by atoms with E-state index in [0.717, 1.165) is 6.54 Å². The van der Waals surface area contributed by atoms with E-state index in [1.807, 2.05) is 6.92 Å². The summed E-state index contributed by atoms with van der Waals surface area (Å²) in [7, 11) is 4.96. The molecular weight excluding hydrogens is 422 g/mol. The molecule has 3 rings (SSSR count). The molecule has 0 unspecified atom stereocenters. The second-order valence-electron chi connectivity index (χ2n) is 8.45. The molecule has 178 valence electrons. The topological polar surface area (TPSA) is 89.1 Å². The molecule has 0 fully saturated rings. The number of hydrogen-bond acceptors (Lipinski definition) is 6. The number of benzene rings is 2. The van der Waals surface area contributed by atoms with Gasteiger partial charge in [0, 0.05) is 44.5 Å². The van der Waals surface area contributed by atoms with E-state index in [2.05, 4.69) is 17.6 Å². The minimum atomic E-state index is -0.296. The van der Waals surface area contributed by atoms with E-state index in [-0.39, 0.29) is 29.9 Å². The zero-order chi connectivity index (χ0) is 24.0. The van der Waals surface area contributed by atoms with Crippen LogP contribution in [0.5, 0.6) is 11.5 Å². The highest BCUT2D eigenvalue weighted by Gasteiger charge is 2.25. The second-order valence-corrected chi connectivity index (χ2v) is 8.45. The Bertz CT molecular complexity index is 980. The molecule has 0 saturated heterocycles. The summed E-state index contributed by atoms with van der Waals surface area (Å²) in [6.45, 7) is 5.74. The third-order valence-corrected chi connectivity index (χ3v) is 5.81. The lowest BCUT2D eigenvalue weighted by Gasteiger charge is -2.30. The van der Waals surface area contributed by atoms with Gasteiger partial charge >= 0.3 is 0 Å². The van der Waals surface area contributed by atoms with Crippen LogP contribution in [0.25, 0.3) is 0 Å². The molecule has 2 aromatic carbocycles. The minimum absolute atomic E-state index is 0.0949. The van der Waals surface area contributed by atoms with Crippen molar-refractivity contribution in [2.45, 2.75) is 26.0 Å². The fraction of sp³-hybridized carbons (Fsp3) is 0.440. The average molecular weight is 456 g/mol. The largest absolute Gasteiger partial charge is 0.497 e. The van der Waals surface area contributed by atoms with Crippen molar-refractivity contribution in [3.8, 4) is 11.5 Å². The van der Waals surface area contributed by atoms with Crippen LogP contribution >= 0.6 is 0 Å². The molecule has 2 N–H and O–H groups in total. The number of rotatable bonds is 4. The molecule has 1 heterocycles. The smallest absolute Gasteiger partial charge is 0.257 e. The van der Waals surface area contributed by atoms with Gasteiger partial charge in [-0.2, -0.15) is 0 Å². The van der Waals surface area contributed by atoms with Gasteiger partial charge < -0.3 is 29.7 Å². The Balaban J connectivity index is 1.88. The van der Waals surface area contributed by atoms with Crippen LogP contribution in [0.15, 0.2) is 42.5 Å². The molecule has 2 aromatic rings. The number of methoxy groups -OCH3 is 2. The van der Waals surface area contributed by atoms with Gasteiger partial charge in [0.05, 0.1) is 18.8 Å². The summed E-state index contributed by atoms with van der Waals surface area (Å²) in [5, 5.41) is 6.32. The van der Waals surface area contributed by atoms with Gasteiger partial charge in [-0.05, 0) is 49.2 Å². The number of carbonyl (C=O) groups excluding carboxylic acids is 2. The van der Waals surface area contributed by atoms with Gasteiger partial charge in [-0.15, -0.1) is 0 Å². The van der Waals surface area contributed by atoms with Crippen molar-refractivity contribution in [3.63, 3.8) is 0 Å². The van der Waals surface area contributed by atoms with Crippen molar-refractivity contribution in [2.75, 3.05) is 46.3 Å². The fourth-order valence-electron chi connectivity index (χ4n) is 3.71. The fourth-order valence-corrected chi connectivity index (χ4v) is 3.71. The van der Waals surface area contributed by atoms with Crippen LogP contribution in [0.2, 0.25) is 0 Å². The lowest BCUT2D eigenvalue weighted by molar-refractivity contribution is 0.0281. The van der Waals surface area contributed by atoms with Crippen LogP contribution in [0.3, 0.4) is 0 Å². The summed E-state index contributed by atoms with van der Waals surface area (Å²) in [4.78, 5) is 27.7.